The van der Waals surface area contributed by atoms with Crippen LogP contribution >= 0.6 is 0 Å². The standard InChI is InChI=1S/C30H36F3N3O4/c31-20-10-8-19(9-11-20)28(39)30(35-24-15-22(32)23(33)16-25(24)36-30)27(18-4-2-1-3-5-18)29(40)34-21-12-6-17(7-13-21)14-26(37)38/h8-11,15-18,21,27-28,35-36,39H,1-7,12-14H2,(H,34,40)(H,37,38). The maximum atomic E-state index is 14.3. The smallest absolute Gasteiger partial charge is 0.303 e. The van der Waals surface area contributed by atoms with Gasteiger partial charge in [-0.25, -0.2) is 13.2 Å². The lowest BCUT2D eigenvalue weighted by Gasteiger charge is -2.46. The average molecular weight is 560 g/mol. The number of carbonyl (C=O) groups is 2. The van der Waals surface area contributed by atoms with Crippen LogP contribution in [0.15, 0.2) is 36.4 Å². The third kappa shape index (κ3) is 5.77. The number of halogens is 3. The predicted octanol–water partition coefficient (Wildman–Crippen LogP) is 5.72. The molecule has 0 saturated heterocycles. The van der Waals surface area contributed by atoms with Gasteiger partial charge in [-0.1, -0.05) is 31.4 Å². The van der Waals surface area contributed by atoms with Crippen LogP contribution in [0.25, 0.3) is 0 Å². The number of nitrogens with one attached hydrogen (secondary N) is 3. The Balaban J connectivity index is 1.49. The number of benzene rings is 2. The first-order valence-electron chi connectivity index (χ1n) is 14.2. The molecule has 3 aliphatic rings. The van der Waals surface area contributed by atoms with E-state index in [0.29, 0.717) is 31.2 Å². The molecule has 0 spiro atoms. The van der Waals surface area contributed by atoms with Gasteiger partial charge < -0.3 is 26.2 Å². The molecule has 2 atom stereocenters. The van der Waals surface area contributed by atoms with Crippen LogP contribution < -0.4 is 16.0 Å². The highest BCUT2D eigenvalue weighted by Gasteiger charge is 2.55. The lowest BCUT2D eigenvalue weighted by atomic mass is 9.70. The van der Waals surface area contributed by atoms with Crippen LogP contribution in [-0.4, -0.2) is 33.8 Å². The van der Waals surface area contributed by atoms with E-state index in [9.17, 15) is 27.9 Å². The van der Waals surface area contributed by atoms with Crippen LogP contribution in [0, 0.1) is 35.2 Å². The van der Waals surface area contributed by atoms with E-state index in [1.165, 1.54) is 24.3 Å². The van der Waals surface area contributed by atoms with Gasteiger partial charge in [-0.05, 0) is 68.1 Å². The quantitative estimate of drug-likeness (QED) is 0.283. The highest BCUT2D eigenvalue weighted by Crippen LogP contribution is 2.49. The summed E-state index contributed by atoms with van der Waals surface area (Å²) in [6.45, 7) is 0. The molecule has 0 aromatic heterocycles. The minimum atomic E-state index is -1.56. The van der Waals surface area contributed by atoms with Gasteiger partial charge >= 0.3 is 5.97 Å². The minimum absolute atomic E-state index is 0.0730. The summed E-state index contributed by atoms with van der Waals surface area (Å²) in [7, 11) is 0. The SMILES string of the molecule is O=C(O)CC1CCC(NC(=O)C(C2CCCCC2)C2(C(O)c3ccc(F)cc3)Nc3cc(F)c(F)cc3N2)CC1. The Morgan fingerprint density at radius 3 is 2.02 bits per heavy atom. The molecule has 2 saturated carbocycles. The van der Waals surface area contributed by atoms with Crippen molar-refractivity contribution in [3.63, 3.8) is 0 Å². The number of aliphatic carboxylic acids is 1. The number of fused-ring (bicyclic) bond motifs is 1. The zero-order valence-electron chi connectivity index (χ0n) is 22.3. The van der Waals surface area contributed by atoms with Crippen LogP contribution in [0.2, 0.25) is 0 Å². The lowest BCUT2D eigenvalue weighted by Crippen LogP contribution is -2.62. The van der Waals surface area contributed by atoms with E-state index in [0.717, 1.165) is 44.2 Å². The Morgan fingerprint density at radius 1 is 0.900 bits per heavy atom. The molecule has 40 heavy (non-hydrogen) atoms. The topological polar surface area (TPSA) is 111 Å². The molecule has 1 heterocycles. The second-order valence-corrected chi connectivity index (χ2v) is 11.6. The van der Waals surface area contributed by atoms with Crippen molar-refractivity contribution in [2.45, 2.75) is 82.0 Å². The first-order valence-corrected chi connectivity index (χ1v) is 14.2. The second kappa shape index (κ2) is 11.7. The summed E-state index contributed by atoms with van der Waals surface area (Å²) in [5.74, 6) is -4.63. The zero-order chi connectivity index (χ0) is 28.4. The minimum Gasteiger partial charge on any atom is -0.481 e. The van der Waals surface area contributed by atoms with E-state index >= 15 is 0 Å². The number of aliphatic hydroxyl groups excluding tert-OH is 1. The van der Waals surface area contributed by atoms with Crippen molar-refractivity contribution in [2.75, 3.05) is 10.6 Å². The van der Waals surface area contributed by atoms with E-state index in [-0.39, 0.29) is 41.6 Å². The van der Waals surface area contributed by atoms with Gasteiger partial charge in [0.05, 0.1) is 17.3 Å². The van der Waals surface area contributed by atoms with E-state index in [4.69, 9.17) is 5.11 Å². The van der Waals surface area contributed by atoms with Gasteiger partial charge in [-0.2, -0.15) is 0 Å². The molecule has 0 radical (unpaired) electrons. The molecule has 1 amide bonds. The first kappa shape index (κ1) is 28.3. The highest BCUT2D eigenvalue weighted by molar-refractivity contribution is 5.86. The van der Waals surface area contributed by atoms with Crippen molar-refractivity contribution in [2.24, 2.45) is 17.8 Å². The molecule has 2 aliphatic carbocycles. The van der Waals surface area contributed by atoms with Crippen molar-refractivity contribution >= 4 is 23.3 Å². The number of hydrogen-bond donors (Lipinski definition) is 5. The van der Waals surface area contributed by atoms with Gasteiger partial charge in [-0.15, -0.1) is 0 Å². The van der Waals surface area contributed by atoms with Gasteiger partial charge in [0.1, 0.15) is 11.9 Å². The first-order chi connectivity index (χ1) is 19.2. The molecule has 5 rings (SSSR count). The Hall–Kier alpha value is -3.27. The van der Waals surface area contributed by atoms with Gasteiger partial charge in [0, 0.05) is 24.6 Å². The molecule has 7 nitrogen and oxygen atoms in total. The number of carboxylic acid groups (broad SMARTS) is 1. The molecule has 0 bridgehead atoms. The van der Waals surface area contributed by atoms with E-state index in [2.05, 4.69) is 16.0 Å². The van der Waals surface area contributed by atoms with Gasteiger partial charge in [0.25, 0.3) is 0 Å². The number of aliphatic hydroxyl groups is 1. The number of carboxylic acids is 1. The lowest BCUT2D eigenvalue weighted by molar-refractivity contribution is -0.138. The molecule has 2 fully saturated rings. The summed E-state index contributed by atoms with van der Waals surface area (Å²) < 4.78 is 42.3. The fraction of sp³-hybridized carbons (Fsp3) is 0.533. The van der Waals surface area contributed by atoms with Gasteiger partial charge in [-0.3, -0.25) is 9.59 Å². The third-order valence-corrected chi connectivity index (χ3v) is 8.91. The zero-order valence-corrected chi connectivity index (χ0v) is 22.3. The van der Waals surface area contributed by atoms with Crippen LogP contribution in [0.4, 0.5) is 24.5 Å². The third-order valence-electron chi connectivity index (χ3n) is 8.91. The van der Waals surface area contributed by atoms with Crippen LogP contribution in [0.1, 0.15) is 75.9 Å². The Kier molecular flexibility index (Phi) is 8.26. The summed E-state index contributed by atoms with van der Waals surface area (Å²) in [5.41, 5.74) is -0.767. The van der Waals surface area contributed by atoms with Gasteiger partial charge in [0.15, 0.2) is 17.3 Å². The number of rotatable bonds is 8. The van der Waals surface area contributed by atoms with E-state index in [1.54, 1.807) is 0 Å². The molecule has 216 valence electrons. The second-order valence-electron chi connectivity index (χ2n) is 11.6. The molecular weight excluding hydrogens is 523 g/mol. The molecule has 1 aliphatic heterocycles. The monoisotopic (exact) mass is 559 g/mol. The van der Waals surface area contributed by atoms with E-state index < -0.39 is 41.1 Å². The van der Waals surface area contributed by atoms with E-state index in [1.807, 2.05) is 0 Å². The van der Waals surface area contributed by atoms with Crippen molar-refractivity contribution < 1.29 is 33.0 Å². The number of amides is 1. The molecule has 5 N–H and O–H groups in total. The molecular formula is C30H36F3N3O4. The molecule has 2 aromatic rings. The summed E-state index contributed by atoms with van der Waals surface area (Å²) in [4.78, 5) is 25.4. The normalized spacial score (nSPS) is 23.8. The number of anilines is 2. The molecule has 2 unspecified atom stereocenters. The fourth-order valence-corrected chi connectivity index (χ4v) is 6.91. The Bertz CT molecular complexity index is 1200. The average Bonchev–Trinajstić information content (AvgIpc) is 3.29. The predicted molar refractivity (Wildman–Crippen MR) is 144 cm³/mol. The largest absolute Gasteiger partial charge is 0.481 e. The van der Waals surface area contributed by atoms with Crippen molar-refractivity contribution in [1.29, 1.82) is 0 Å². The molecule has 10 heteroatoms. The van der Waals surface area contributed by atoms with Crippen LogP contribution in [-0.2, 0) is 9.59 Å². The van der Waals surface area contributed by atoms with Gasteiger partial charge in [0.2, 0.25) is 5.91 Å². The summed E-state index contributed by atoms with van der Waals surface area (Å²) in [6, 6.07) is 7.19. The summed E-state index contributed by atoms with van der Waals surface area (Å²) >= 11 is 0. The number of hydrogen-bond acceptors (Lipinski definition) is 5. The van der Waals surface area contributed by atoms with Crippen molar-refractivity contribution in [1.82, 2.24) is 5.32 Å². The van der Waals surface area contributed by atoms with Crippen LogP contribution in [0.5, 0.6) is 0 Å². The number of carbonyl (C=O) groups excluding carboxylic acids is 1. The van der Waals surface area contributed by atoms with Crippen molar-refractivity contribution in [3.05, 3.63) is 59.4 Å². The Morgan fingerprint density at radius 2 is 1.48 bits per heavy atom. The summed E-state index contributed by atoms with van der Waals surface area (Å²) in [6.07, 6.45) is 5.73. The maximum absolute atomic E-state index is 14.3. The molecule has 2 aromatic carbocycles. The van der Waals surface area contributed by atoms with Crippen LogP contribution in [0.3, 0.4) is 0 Å². The highest BCUT2D eigenvalue weighted by atomic mass is 19.2. The maximum Gasteiger partial charge on any atom is 0.303 e. The fourth-order valence-electron chi connectivity index (χ4n) is 6.91. The van der Waals surface area contributed by atoms with Crippen molar-refractivity contribution in [3.8, 4) is 0 Å². The summed E-state index contributed by atoms with van der Waals surface area (Å²) in [5, 5.41) is 30.6. The Labute approximate surface area is 231 Å².